The monoisotopic (exact) mass is 376 g/mol. The Morgan fingerprint density at radius 1 is 1.27 bits per heavy atom. The van der Waals surface area contributed by atoms with E-state index in [4.69, 9.17) is 21.5 Å². The van der Waals surface area contributed by atoms with Crippen LogP contribution in [0.1, 0.15) is 37.7 Å². The van der Waals surface area contributed by atoms with Gasteiger partial charge in [0.05, 0.1) is 11.4 Å². The third kappa shape index (κ3) is 6.28. The number of hydrogen-bond acceptors (Lipinski definition) is 5. The van der Waals surface area contributed by atoms with Gasteiger partial charge in [-0.15, -0.1) is 0 Å². The van der Waals surface area contributed by atoms with Gasteiger partial charge in [-0.3, -0.25) is 9.69 Å². The summed E-state index contributed by atoms with van der Waals surface area (Å²) in [5, 5.41) is 11.1. The highest BCUT2D eigenvalue weighted by Crippen LogP contribution is 2.24. The Morgan fingerprint density at radius 2 is 1.92 bits per heavy atom. The number of hydrogen-bond donors (Lipinski definition) is 2. The van der Waals surface area contributed by atoms with Crippen LogP contribution in [0, 0.1) is 0 Å². The average Bonchev–Trinajstić information content (AvgIpc) is 2.56. The van der Waals surface area contributed by atoms with Crippen LogP contribution in [0.3, 0.4) is 0 Å². The molecule has 26 heavy (non-hydrogen) atoms. The van der Waals surface area contributed by atoms with Crippen LogP contribution in [-0.4, -0.2) is 38.5 Å². The number of rotatable bonds is 4. The summed E-state index contributed by atoms with van der Waals surface area (Å²) in [4.78, 5) is 20.6. The Labute approximate surface area is 159 Å². The summed E-state index contributed by atoms with van der Waals surface area (Å²) >= 11 is 6.26. The number of halogens is 1. The second-order valence-corrected chi connectivity index (χ2v) is 6.88. The fourth-order valence-electron chi connectivity index (χ4n) is 2.71. The van der Waals surface area contributed by atoms with Gasteiger partial charge in [0, 0.05) is 39.0 Å². The van der Waals surface area contributed by atoms with Crippen LogP contribution < -0.4 is 5.32 Å². The van der Waals surface area contributed by atoms with Gasteiger partial charge in [0.1, 0.15) is 0 Å². The summed E-state index contributed by atoms with van der Waals surface area (Å²) in [6, 6.07) is 10.8. The fourth-order valence-corrected chi connectivity index (χ4v) is 2.90. The lowest BCUT2D eigenvalue weighted by Crippen LogP contribution is -2.31. The molecule has 0 radical (unpaired) electrons. The minimum absolute atomic E-state index is 0.294. The maximum atomic E-state index is 9.00. The lowest BCUT2D eigenvalue weighted by atomic mass is 10.1. The summed E-state index contributed by atoms with van der Waals surface area (Å²) in [5.74, 6) is -0.132. The van der Waals surface area contributed by atoms with E-state index in [2.05, 4.69) is 58.3 Å². The lowest BCUT2D eigenvalue weighted by molar-refractivity contribution is -0.134. The predicted octanol–water partition coefficient (Wildman–Crippen LogP) is 3.60. The zero-order chi connectivity index (χ0) is 19.1. The molecule has 1 aliphatic heterocycles. The quantitative estimate of drug-likeness (QED) is 0.848. The van der Waals surface area contributed by atoms with E-state index in [-0.39, 0.29) is 0 Å². The highest BCUT2D eigenvalue weighted by molar-refractivity contribution is 6.31. The minimum atomic E-state index is -0.833. The first-order valence-corrected chi connectivity index (χ1v) is 9.00. The van der Waals surface area contributed by atoms with E-state index in [1.54, 1.807) is 0 Å². The van der Waals surface area contributed by atoms with E-state index < -0.39 is 5.97 Å². The fraction of sp³-hybridized carbons (Fsp3) is 0.421. The second-order valence-electron chi connectivity index (χ2n) is 6.52. The van der Waals surface area contributed by atoms with Crippen molar-refractivity contribution in [3.8, 4) is 0 Å². The van der Waals surface area contributed by atoms with Crippen LogP contribution in [0.2, 0.25) is 5.15 Å². The molecule has 0 saturated carbocycles. The number of fused-ring (bicyclic) bond motifs is 1. The highest BCUT2D eigenvalue weighted by atomic mass is 35.5. The van der Waals surface area contributed by atoms with E-state index in [9.17, 15) is 0 Å². The molecular formula is C19H25ClN4O2. The number of aromatic nitrogens is 2. The number of benzene rings is 1. The topological polar surface area (TPSA) is 78.3 Å². The standard InChI is InChI=1S/C17H21ClN4.C2H4O2/c1-12(2)19-17-16(18)20-15-11-22(9-8-14(15)21-17)10-13-6-4-3-5-7-13;1-2(3)4/h3-7,12H,8-11H2,1-2H3,(H,19,21);1H3,(H,3,4). The van der Waals surface area contributed by atoms with Crippen LogP contribution in [0.5, 0.6) is 0 Å². The molecule has 0 bridgehead atoms. The van der Waals surface area contributed by atoms with E-state index in [0.29, 0.717) is 17.0 Å². The molecule has 6 nitrogen and oxygen atoms in total. The largest absolute Gasteiger partial charge is 0.481 e. The van der Waals surface area contributed by atoms with Gasteiger partial charge < -0.3 is 10.4 Å². The molecule has 0 atom stereocenters. The zero-order valence-corrected chi connectivity index (χ0v) is 16.1. The van der Waals surface area contributed by atoms with Gasteiger partial charge >= 0.3 is 0 Å². The van der Waals surface area contributed by atoms with Crippen LogP contribution in [0.15, 0.2) is 30.3 Å². The molecular weight excluding hydrogens is 352 g/mol. The summed E-state index contributed by atoms with van der Waals surface area (Å²) in [6.07, 6.45) is 0.916. The number of carboxylic acids is 1. The molecule has 7 heteroatoms. The van der Waals surface area contributed by atoms with Crippen molar-refractivity contribution in [1.82, 2.24) is 14.9 Å². The molecule has 140 valence electrons. The van der Waals surface area contributed by atoms with Crippen LogP contribution in [-0.2, 0) is 24.3 Å². The number of nitrogens with zero attached hydrogens (tertiary/aromatic N) is 3. The van der Waals surface area contributed by atoms with Crippen LogP contribution in [0.4, 0.5) is 5.82 Å². The number of carboxylic acid groups (broad SMARTS) is 1. The molecule has 1 aromatic carbocycles. The first-order chi connectivity index (χ1) is 12.3. The lowest BCUT2D eigenvalue weighted by Gasteiger charge is -2.28. The summed E-state index contributed by atoms with van der Waals surface area (Å²) in [6.45, 7) is 7.96. The Bertz CT molecular complexity index is 734. The molecule has 2 heterocycles. The second kappa shape index (κ2) is 9.50. The van der Waals surface area contributed by atoms with Crippen molar-refractivity contribution in [2.75, 3.05) is 11.9 Å². The molecule has 1 aliphatic rings. The summed E-state index contributed by atoms with van der Waals surface area (Å²) in [7, 11) is 0. The molecule has 0 amide bonds. The van der Waals surface area contributed by atoms with Gasteiger partial charge in [-0.2, -0.15) is 0 Å². The van der Waals surface area contributed by atoms with Crippen molar-refractivity contribution in [1.29, 1.82) is 0 Å². The van der Waals surface area contributed by atoms with E-state index in [1.807, 2.05) is 6.07 Å². The van der Waals surface area contributed by atoms with Gasteiger partial charge in [-0.05, 0) is 19.4 Å². The van der Waals surface area contributed by atoms with E-state index in [0.717, 1.165) is 44.4 Å². The highest BCUT2D eigenvalue weighted by Gasteiger charge is 2.21. The van der Waals surface area contributed by atoms with Crippen molar-refractivity contribution in [3.63, 3.8) is 0 Å². The Balaban J connectivity index is 0.000000552. The van der Waals surface area contributed by atoms with Crippen molar-refractivity contribution >= 4 is 23.4 Å². The number of aliphatic carboxylic acids is 1. The molecule has 2 aromatic rings. The average molecular weight is 377 g/mol. The van der Waals surface area contributed by atoms with Crippen LogP contribution in [0.25, 0.3) is 0 Å². The van der Waals surface area contributed by atoms with Crippen molar-refractivity contribution in [3.05, 3.63) is 52.4 Å². The molecule has 3 rings (SSSR count). The minimum Gasteiger partial charge on any atom is -0.481 e. The van der Waals surface area contributed by atoms with Gasteiger partial charge in [0.25, 0.3) is 5.97 Å². The number of anilines is 1. The Kier molecular flexibility index (Phi) is 7.36. The van der Waals surface area contributed by atoms with Crippen LogP contribution >= 0.6 is 11.6 Å². The summed E-state index contributed by atoms with van der Waals surface area (Å²) in [5.41, 5.74) is 3.39. The molecule has 0 unspecified atom stereocenters. The zero-order valence-electron chi connectivity index (χ0n) is 15.4. The Morgan fingerprint density at radius 3 is 2.54 bits per heavy atom. The molecule has 0 fully saturated rings. The van der Waals surface area contributed by atoms with Crippen molar-refractivity contribution in [2.45, 2.75) is 46.3 Å². The van der Waals surface area contributed by atoms with Crippen molar-refractivity contribution < 1.29 is 9.90 Å². The van der Waals surface area contributed by atoms with E-state index in [1.165, 1.54) is 5.56 Å². The maximum absolute atomic E-state index is 9.00. The normalized spacial score (nSPS) is 13.6. The SMILES string of the molecule is CC(=O)O.CC(C)Nc1nc2c(nc1Cl)CN(Cc1ccccc1)CC2. The molecule has 0 spiro atoms. The van der Waals surface area contributed by atoms with Gasteiger partial charge in [0.15, 0.2) is 11.0 Å². The van der Waals surface area contributed by atoms with E-state index >= 15 is 0 Å². The molecule has 0 saturated heterocycles. The number of carbonyl (C=O) groups is 1. The smallest absolute Gasteiger partial charge is 0.300 e. The van der Waals surface area contributed by atoms with Gasteiger partial charge in [-0.1, -0.05) is 41.9 Å². The van der Waals surface area contributed by atoms with Gasteiger partial charge in [-0.25, -0.2) is 9.97 Å². The molecule has 1 aromatic heterocycles. The first kappa shape index (κ1) is 20.1. The number of nitrogens with one attached hydrogen (secondary N) is 1. The van der Waals surface area contributed by atoms with Gasteiger partial charge in [0.2, 0.25) is 0 Å². The molecule has 0 aliphatic carbocycles. The Hall–Kier alpha value is -2.18. The maximum Gasteiger partial charge on any atom is 0.300 e. The first-order valence-electron chi connectivity index (χ1n) is 8.62. The molecule has 2 N–H and O–H groups in total. The third-order valence-electron chi connectivity index (χ3n) is 3.72. The van der Waals surface area contributed by atoms with Crippen molar-refractivity contribution in [2.24, 2.45) is 0 Å². The summed E-state index contributed by atoms with van der Waals surface area (Å²) < 4.78 is 0. The third-order valence-corrected chi connectivity index (χ3v) is 3.98. The predicted molar refractivity (Wildman–Crippen MR) is 103 cm³/mol.